The average molecular weight is 735 g/mol. The molecule has 4 heterocycles. The molecule has 4 aromatic carbocycles. The van der Waals surface area contributed by atoms with Gasteiger partial charge in [0.05, 0.1) is 27.6 Å². The second-order valence-electron chi connectivity index (χ2n) is 13.7. The maximum absolute atomic E-state index is 6.47. The Hall–Kier alpha value is -4.62. The van der Waals surface area contributed by atoms with E-state index in [1.807, 2.05) is 24.3 Å². The standard InChI is InChI=1S/C40H46N8O2S2/c1-49-35-17-13-33(14-18-35)43-25-21-41(22-26-43)29-45-37(31-9-5-3-6-10-31)47-40(52)46(38(48(47)39(45)51)32-11-7-4-8-12-32)30-42-23-27-44(28-24-42)34-15-19-36(50-2)20-16-34/h3-20,37-38H,21-30H2,1-2H3/t37-,38-/m1/s1. The van der Waals surface area contributed by atoms with Crippen molar-refractivity contribution in [3.05, 3.63) is 120 Å². The fraction of sp³-hybridized carbons (Fsp3) is 0.350. The van der Waals surface area contributed by atoms with Crippen LogP contribution in [0.5, 0.6) is 11.5 Å². The minimum Gasteiger partial charge on any atom is -0.497 e. The molecule has 2 atom stereocenters. The Morgan fingerprint density at radius 1 is 0.481 bits per heavy atom. The van der Waals surface area contributed by atoms with Crippen molar-refractivity contribution in [2.75, 3.05) is 89.7 Å². The van der Waals surface area contributed by atoms with Crippen LogP contribution in [-0.2, 0) is 0 Å². The quantitative estimate of drug-likeness (QED) is 0.189. The fourth-order valence-electron chi connectivity index (χ4n) is 7.85. The van der Waals surface area contributed by atoms with Gasteiger partial charge in [-0.15, -0.1) is 0 Å². The number of rotatable bonds is 10. The number of fused-ring (bicyclic) bond motifs is 1. The molecule has 4 aliphatic heterocycles. The van der Waals surface area contributed by atoms with Crippen molar-refractivity contribution in [1.29, 1.82) is 0 Å². The molecule has 0 aromatic heterocycles. The fourth-order valence-corrected chi connectivity index (χ4v) is 8.54. The van der Waals surface area contributed by atoms with Crippen LogP contribution >= 0.6 is 24.4 Å². The summed E-state index contributed by atoms with van der Waals surface area (Å²) in [5.74, 6) is 1.76. The Balaban J connectivity index is 1.02. The summed E-state index contributed by atoms with van der Waals surface area (Å²) in [5.41, 5.74) is 4.80. The Kier molecular flexibility index (Phi) is 10.0. The molecule has 0 saturated carbocycles. The van der Waals surface area contributed by atoms with Gasteiger partial charge in [0.1, 0.15) is 11.5 Å². The normalized spacial score (nSPS) is 21.3. The summed E-state index contributed by atoms with van der Waals surface area (Å²) < 4.78 is 10.8. The first-order chi connectivity index (χ1) is 25.5. The number of ether oxygens (including phenoxy) is 2. The predicted octanol–water partition coefficient (Wildman–Crippen LogP) is 5.68. The van der Waals surface area contributed by atoms with E-state index < -0.39 is 0 Å². The number of thiocarbonyl (C=S) groups is 2. The molecule has 8 rings (SSSR count). The van der Waals surface area contributed by atoms with Crippen LogP contribution < -0.4 is 19.3 Å². The van der Waals surface area contributed by atoms with Crippen molar-refractivity contribution >= 4 is 46.0 Å². The highest BCUT2D eigenvalue weighted by Crippen LogP contribution is 2.46. The lowest BCUT2D eigenvalue weighted by atomic mass is 10.1. The second kappa shape index (κ2) is 15.2. The van der Waals surface area contributed by atoms with Crippen LogP contribution in [0.2, 0.25) is 0 Å². The topological polar surface area (TPSA) is 44.4 Å². The molecule has 12 heteroatoms. The highest BCUT2D eigenvalue weighted by molar-refractivity contribution is 7.80. The van der Waals surface area contributed by atoms with Gasteiger partial charge in [-0.1, -0.05) is 60.7 Å². The summed E-state index contributed by atoms with van der Waals surface area (Å²) >= 11 is 12.9. The molecular formula is C40H46N8O2S2. The predicted molar refractivity (Wildman–Crippen MR) is 214 cm³/mol. The Labute approximate surface area is 317 Å². The Bertz CT molecular complexity index is 1680. The number of hydrazine groups is 1. The van der Waals surface area contributed by atoms with Crippen molar-refractivity contribution in [1.82, 2.24) is 29.6 Å². The zero-order chi connectivity index (χ0) is 35.6. The van der Waals surface area contributed by atoms with Gasteiger partial charge in [0.15, 0.2) is 22.6 Å². The molecule has 0 unspecified atom stereocenters. The molecule has 0 aliphatic carbocycles. The number of hydrogen-bond acceptors (Lipinski definition) is 8. The third-order valence-electron chi connectivity index (χ3n) is 10.7. The van der Waals surface area contributed by atoms with Crippen LogP contribution in [0.15, 0.2) is 109 Å². The van der Waals surface area contributed by atoms with Gasteiger partial charge in [0, 0.05) is 63.7 Å². The summed E-state index contributed by atoms with van der Waals surface area (Å²) in [5, 5.41) is 6.17. The summed E-state index contributed by atoms with van der Waals surface area (Å²) in [6.45, 7) is 8.98. The van der Waals surface area contributed by atoms with E-state index in [-0.39, 0.29) is 12.3 Å². The van der Waals surface area contributed by atoms with Gasteiger partial charge in [-0.2, -0.15) is 0 Å². The maximum Gasteiger partial charge on any atom is 0.196 e. The number of anilines is 2. The van der Waals surface area contributed by atoms with Crippen LogP contribution in [0.3, 0.4) is 0 Å². The second-order valence-corrected chi connectivity index (χ2v) is 14.4. The van der Waals surface area contributed by atoms with Gasteiger partial charge in [-0.05, 0) is 84.1 Å². The van der Waals surface area contributed by atoms with Crippen molar-refractivity contribution in [2.45, 2.75) is 12.3 Å². The Morgan fingerprint density at radius 3 is 1.15 bits per heavy atom. The van der Waals surface area contributed by atoms with E-state index in [0.29, 0.717) is 0 Å². The number of methoxy groups -OCH3 is 2. The van der Waals surface area contributed by atoms with Crippen LogP contribution in [0, 0.1) is 0 Å². The molecule has 10 nitrogen and oxygen atoms in total. The highest BCUT2D eigenvalue weighted by Gasteiger charge is 2.55. The molecule has 0 N–H and O–H groups in total. The van der Waals surface area contributed by atoms with Crippen molar-refractivity contribution in [2.24, 2.45) is 0 Å². The molecule has 270 valence electrons. The molecule has 4 fully saturated rings. The van der Waals surface area contributed by atoms with Gasteiger partial charge in [0.2, 0.25) is 0 Å². The minimum absolute atomic E-state index is 0.149. The molecule has 4 aliphatic rings. The maximum atomic E-state index is 6.47. The third-order valence-corrected chi connectivity index (χ3v) is 11.5. The summed E-state index contributed by atoms with van der Waals surface area (Å²) in [6.07, 6.45) is -0.298. The average Bonchev–Trinajstić information content (AvgIpc) is 3.65. The van der Waals surface area contributed by atoms with E-state index >= 15 is 0 Å². The van der Waals surface area contributed by atoms with Gasteiger partial charge < -0.3 is 29.1 Å². The van der Waals surface area contributed by atoms with Crippen molar-refractivity contribution in [3.8, 4) is 11.5 Å². The van der Waals surface area contributed by atoms with Crippen LogP contribution in [0.25, 0.3) is 0 Å². The molecular weight excluding hydrogens is 689 g/mol. The molecule has 52 heavy (non-hydrogen) atoms. The molecule has 0 bridgehead atoms. The lowest BCUT2D eigenvalue weighted by molar-refractivity contribution is 0.0521. The molecule has 0 radical (unpaired) electrons. The molecule has 0 amide bonds. The van der Waals surface area contributed by atoms with Gasteiger partial charge in [-0.25, -0.2) is 10.0 Å². The first kappa shape index (κ1) is 34.5. The lowest BCUT2D eigenvalue weighted by Crippen LogP contribution is -2.53. The van der Waals surface area contributed by atoms with Crippen LogP contribution in [0.4, 0.5) is 11.4 Å². The SMILES string of the molecule is COc1ccc(N2CCN(CN3C(=S)N4[C@H](c5ccccc5)N(CN5CCN(c6ccc(OC)cc6)CC5)C(=S)N4[C@@H]3c3ccccc3)CC2)cc1. The van der Waals surface area contributed by atoms with Gasteiger partial charge in [-0.3, -0.25) is 9.80 Å². The summed E-state index contributed by atoms with van der Waals surface area (Å²) in [7, 11) is 3.42. The molecule has 0 spiro atoms. The summed E-state index contributed by atoms with van der Waals surface area (Å²) in [4.78, 5) is 14.7. The van der Waals surface area contributed by atoms with Crippen LogP contribution in [0.1, 0.15) is 23.5 Å². The number of nitrogens with zero attached hydrogens (tertiary/aromatic N) is 8. The number of benzene rings is 4. The first-order valence-corrected chi connectivity index (χ1v) is 18.9. The molecule has 4 aromatic rings. The smallest absolute Gasteiger partial charge is 0.196 e. The van der Waals surface area contributed by atoms with Crippen molar-refractivity contribution < 1.29 is 9.47 Å². The highest BCUT2D eigenvalue weighted by atomic mass is 32.1. The Morgan fingerprint density at radius 2 is 0.827 bits per heavy atom. The van der Waals surface area contributed by atoms with E-state index in [4.69, 9.17) is 33.9 Å². The first-order valence-electron chi connectivity index (χ1n) is 18.0. The van der Waals surface area contributed by atoms with Crippen LogP contribution in [-0.4, -0.2) is 120 Å². The van der Waals surface area contributed by atoms with E-state index in [9.17, 15) is 0 Å². The summed E-state index contributed by atoms with van der Waals surface area (Å²) in [6, 6.07) is 38.1. The van der Waals surface area contributed by atoms with E-state index in [2.05, 4.69) is 124 Å². The largest absolute Gasteiger partial charge is 0.497 e. The van der Waals surface area contributed by atoms with E-state index in [1.165, 1.54) is 22.5 Å². The minimum atomic E-state index is -0.149. The van der Waals surface area contributed by atoms with Gasteiger partial charge in [0.25, 0.3) is 0 Å². The van der Waals surface area contributed by atoms with E-state index in [1.54, 1.807) is 14.2 Å². The van der Waals surface area contributed by atoms with Crippen molar-refractivity contribution in [3.63, 3.8) is 0 Å². The number of piperazine rings is 2. The molecule has 4 saturated heterocycles. The lowest BCUT2D eigenvalue weighted by Gasteiger charge is -2.41. The monoisotopic (exact) mass is 734 g/mol. The van der Waals surface area contributed by atoms with E-state index in [0.717, 1.165) is 87.4 Å². The zero-order valence-corrected chi connectivity index (χ0v) is 31.5. The van der Waals surface area contributed by atoms with Gasteiger partial charge >= 0.3 is 0 Å². The third kappa shape index (κ3) is 6.71. The number of hydrogen-bond donors (Lipinski definition) is 0. The zero-order valence-electron chi connectivity index (χ0n) is 29.8.